The van der Waals surface area contributed by atoms with E-state index in [0.717, 1.165) is 22.5 Å². The van der Waals surface area contributed by atoms with Gasteiger partial charge in [0.15, 0.2) is 0 Å². The molecule has 2 aromatic carbocycles. The molecule has 0 spiro atoms. The fourth-order valence-electron chi connectivity index (χ4n) is 2.90. The number of nitrogens with zero attached hydrogens (tertiary/aromatic N) is 2. The lowest BCUT2D eigenvalue weighted by Gasteiger charge is -2.16. The second kappa shape index (κ2) is 7.99. The van der Waals surface area contributed by atoms with Crippen LogP contribution in [0.5, 0.6) is 0 Å². The summed E-state index contributed by atoms with van der Waals surface area (Å²) in [6, 6.07) is 13.9. The van der Waals surface area contributed by atoms with Crippen LogP contribution in [-0.2, 0) is 0 Å². The maximum atomic E-state index is 12.4. The molecule has 0 saturated carbocycles. The lowest BCUT2D eigenvalue weighted by Crippen LogP contribution is -2.14. The van der Waals surface area contributed by atoms with Crippen LogP contribution < -0.4 is 10.6 Å². The van der Waals surface area contributed by atoms with E-state index < -0.39 is 0 Å². The number of aromatic nitrogens is 2. The van der Waals surface area contributed by atoms with Crippen LogP contribution in [0.1, 0.15) is 46.9 Å². The second-order valence-corrected chi connectivity index (χ2v) is 6.93. The van der Waals surface area contributed by atoms with Crippen LogP contribution in [0.25, 0.3) is 0 Å². The van der Waals surface area contributed by atoms with Gasteiger partial charge in [0.25, 0.3) is 5.91 Å². The van der Waals surface area contributed by atoms with Crippen molar-refractivity contribution in [2.45, 2.75) is 33.6 Å². The average Bonchev–Trinajstić information content (AvgIpc) is 2.63. The van der Waals surface area contributed by atoms with E-state index in [-0.39, 0.29) is 11.6 Å². The first-order valence-corrected chi connectivity index (χ1v) is 9.00. The predicted octanol–water partition coefficient (Wildman–Crippen LogP) is 5.21. The molecular formula is C22H24N4O. The quantitative estimate of drug-likeness (QED) is 0.655. The van der Waals surface area contributed by atoms with Gasteiger partial charge < -0.3 is 10.6 Å². The fraction of sp³-hybridized carbons (Fsp3) is 0.227. The number of carbonyl (C=O) groups excluding carboxylic acids is 1. The molecular weight excluding hydrogens is 336 g/mol. The molecule has 5 heteroatoms. The van der Waals surface area contributed by atoms with Gasteiger partial charge in [-0.15, -0.1) is 0 Å². The molecule has 138 valence electrons. The SMILES string of the molecule is Cc1cccc(NC(=O)c2cnc(Nc3c(C)cccc3C(C)C)cn2)c1. The number of anilines is 3. The largest absolute Gasteiger partial charge is 0.338 e. The third kappa shape index (κ3) is 4.50. The molecule has 3 rings (SSSR count). The summed E-state index contributed by atoms with van der Waals surface area (Å²) in [5.74, 6) is 0.719. The minimum atomic E-state index is -0.279. The Morgan fingerprint density at radius 1 is 1.00 bits per heavy atom. The fourth-order valence-corrected chi connectivity index (χ4v) is 2.90. The zero-order chi connectivity index (χ0) is 19.4. The van der Waals surface area contributed by atoms with Crippen molar-refractivity contribution >= 4 is 23.1 Å². The second-order valence-electron chi connectivity index (χ2n) is 6.93. The molecule has 1 aromatic heterocycles. The Hall–Kier alpha value is -3.21. The standard InChI is InChI=1S/C22H24N4O/c1-14(2)18-10-6-8-16(4)21(18)26-20-13-23-19(12-24-20)22(27)25-17-9-5-7-15(3)11-17/h5-14H,1-4H3,(H,24,26)(H,25,27). The molecule has 27 heavy (non-hydrogen) atoms. The highest BCUT2D eigenvalue weighted by Gasteiger charge is 2.12. The summed E-state index contributed by atoms with van der Waals surface area (Å²) in [5, 5.41) is 6.18. The van der Waals surface area contributed by atoms with Crippen LogP contribution in [0.15, 0.2) is 54.9 Å². The number of para-hydroxylation sites is 1. The third-order valence-electron chi connectivity index (χ3n) is 4.34. The zero-order valence-electron chi connectivity index (χ0n) is 16.1. The molecule has 1 heterocycles. The Bertz CT molecular complexity index is 949. The van der Waals surface area contributed by atoms with Crippen molar-refractivity contribution in [1.82, 2.24) is 9.97 Å². The van der Waals surface area contributed by atoms with Crippen molar-refractivity contribution < 1.29 is 4.79 Å². The van der Waals surface area contributed by atoms with Crippen molar-refractivity contribution in [3.05, 3.63) is 77.2 Å². The summed E-state index contributed by atoms with van der Waals surface area (Å²) < 4.78 is 0. The molecule has 5 nitrogen and oxygen atoms in total. The van der Waals surface area contributed by atoms with Gasteiger partial charge in [-0.05, 0) is 48.6 Å². The number of aryl methyl sites for hydroxylation is 2. The number of nitrogens with one attached hydrogen (secondary N) is 2. The van der Waals surface area contributed by atoms with Crippen LogP contribution in [0.2, 0.25) is 0 Å². The van der Waals surface area contributed by atoms with Crippen LogP contribution in [-0.4, -0.2) is 15.9 Å². The Kier molecular flexibility index (Phi) is 5.50. The molecule has 0 radical (unpaired) electrons. The molecule has 1 amide bonds. The lowest BCUT2D eigenvalue weighted by molar-refractivity contribution is 0.102. The summed E-state index contributed by atoms with van der Waals surface area (Å²) in [4.78, 5) is 21.0. The Morgan fingerprint density at radius 2 is 1.78 bits per heavy atom. The summed E-state index contributed by atoms with van der Waals surface area (Å²) in [6.07, 6.45) is 3.07. The van der Waals surface area contributed by atoms with Crippen LogP contribution in [0, 0.1) is 13.8 Å². The van der Waals surface area contributed by atoms with Crippen molar-refractivity contribution in [2.24, 2.45) is 0 Å². The van der Waals surface area contributed by atoms with Gasteiger partial charge in [-0.25, -0.2) is 9.97 Å². The van der Waals surface area contributed by atoms with E-state index >= 15 is 0 Å². The first-order chi connectivity index (χ1) is 12.9. The lowest BCUT2D eigenvalue weighted by atomic mass is 9.98. The van der Waals surface area contributed by atoms with Gasteiger partial charge in [0.05, 0.1) is 12.4 Å². The number of carbonyl (C=O) groups is 1. The van der Waals surface area contributed by atoms with Crippen LogP contribution in [0.4, 0.5) is 17.2 Å². The number of hydrogen-bond acceptors (Lipinski definition) is 4. The van der Waals surface area contributed by atoms with E-state index in [4.69, 9.17) is 0 Å². The molecule has 3 aromatic rings. The molecule has 0 aliphatic heterocycles. The number of hydrogen-bond donors (Lipinski definition) is 2. The van der Waals surface area contributed by atoms with Crippen LogP contribution >= 0.6 is 0 Å². The molecule has 0 aliphatic carbocycles. The smallest absolute Gasteiger partial charge is 0.275 e. The van der Waals surface area contributed by atoms with Crippen molar-refractivity contribution in [3.63, 3.8) is 0 Å². The van der Waals surface area contributed by atoms with Crippen molar-refractivity contribution in [2.75, 3.05) is 10.6 Å². The van der Waals surface area contributed by atoms with Crippen molar-refractivity contribution in [1.29, 1.82) is 0 Å². The number of rotatable bonds is 5. The minimum Gasteiger partial charge on any atom is -0.338 e. The maximum absolute atomic E-state index is 12.4. The van der Waals surface area contributed by atoms with E-state index in [1.165, 1.54) is 11.8 Å². The first-order valence-electron chi connectivity index (χ1n) is 9.00. The van der Waals surface area contributed by atoms with Gasteiger partial charge in [0.2, 0.25) is 0 Å². The molecule has 0 aliphatic rings. The summed E-state index contributed by atoms with van der Waals surface area (Å²) in [6.45, 7) is 8.35. The summed E-state index contributed by atoms with van der Waals surface area (Å²) >= 11 is 0. The Balaban J connectivity index is 1.75. The van der Waals surface area contributed by atoms with Gasteiger partial charge in [-0.3, -0.25) is 4.79 Å². The van der Waals surface area contributed by atoms with Gasteiger partial charge in [0, 0.05) is 11.4 Å². The van der Waals surface area contributed by atoms with E-state index in [1.807, 2.05) is 31.2 Å². The van der Waals surface area contributed by atoms with E-state index in [1.54, 1.807) is 6.20 Å². The monoisotopic (exact) mass is 360 g/mol. The first kappa shape index (κ1) is 18.6. The highest BCUT2D eigenvalue weighted by atomic mass is 16.1. The summed E-state index contributed by atoms with van der Waals surface area (Å²) in [5.41, 5.74) is 5.50. The number of amides is 1. The molecule has 0 fully saturated rings. The van der Waals surface area contributed by atoms with Gasteiger partial charge in [-0.1, -0.05) is 44.2 Å². The number of benzene rings is 2. The van der Waals surface area contributed by atoms with Gasteiger partial charge >= 0.3 is 0 Å². The highest BCUT2D eigenvalue weighted by molar-refractivity contribution is 6.02. The summed E-state index contributed by atoms with van der Waals surface area (Å²) in [7, 11) is 0. The van der Waals surface area contributed by atoms with E-state index in [2.05, 4.69) is 59.6 Å². The molecule has 0 saturated heterocycles. The molecule has 0 unspecified atom stereocenters. The topological polar surface area (TPSA) is 66.9 Å². The normalized spacial score (nSPS) is 10.7. The average molecular weight is 360 g/mol. The Labute approximate surface area is 159 Å². The van der Waals surface area contributed by atoms with Crippen LogP contribution in [0.3, 0.4) is 0 Å². The molecule has 0 bridgehead atoms. The van der Waals surface area contributed by atoms with E-state index in [0.29, 0.717) is 11.7 Å². The third-order valence-corrected chi connectivity index (χ3v) is 4.34. The van der Waals surface area contributed by atoms with Crippen molar-refractivity contribution in [3.8, 4) is 0 Å². The van der Waals surface area contributed by atoms with E-state index in [9.17, 15) is 4.79 Å². The Morgan fingerprint density at radius 3 is 2.44 bits per heavy atom. The minimum absolute atomic E-state index is 0.274. The highest BCUT2D eigenvalue weighted by Crippen LogP contribution is 2.29. The van der Waals surface area contributed by atoms with Gasteiger partial charge in [-0.2, -0.15) is 0 Å². The zero-order valence-corrected chi connectivity index (χ0v) is 16.1. The predicted molar refractivity (Wildman–Crippen MR) is 110 cm³/mol. The maximum Gasteiger partial charge on any atom is 0.275 e. The molecule has 2 N–H and O–H groups in total. The van der Waals surface area contributed by atoms with Gasteiger partial charge in [0.1, 0.15) is 11.5 Å². The molecule has 0 atom stereocenters.